The van der Waals surface area contributed by atoms with Crippen LogP contribution in [0.3, 0.4) is 0 Å². The van der Waals surface area contributed by atoms with Crippen molar-refractivity contribution in [2.24, 2.45) is 0 Å². The SMILES string of the molecule is C=C=CSC(F)(F)F. The first-order valence-electron chi connectivity index (χ1n) is 1.65. The zero-order valence-corrected chi connectivity index (χ0v) is 4.64. The Morgan fingerprint density at radius 2 is 2.00 bits per heavy atom. The third-order valence-corrected chi connectivity index (χ3v) is 0.828. The molecular weight excluding hydrogens is 137 g/mol. The van der Waals surface area contributed by atoms with Crippen LogP contribution in [0.4, 0.5) is 13.2 Å². The van der Waals surface area contributed by atoms with Crippen LogP contribution in [0.5, 0.6) is 0 Å². The van der Waals surface area contributed by atoms with Crippen LogP contribution in [-0.4, -0.2) is 5.51 Å². The highest BCUT2D eigenvalue weighted by molar-refractivity contribution is 8.02. The summed E-state index contributed by atoms with van der Waals surface area (Å²) in [6, 6.07) is 0. The van der Waals surface area contributed by atoms with E-state index in [4.69, 9.17) is 0 Å². The van der Waals surface area contributed by atoms with Crippen molar-refractivity contribution in [1.29, 1.82) is 0 Å². The Morgan fingerprint density at radius 3 is 2.12 bits per heavy atom. The van der Waals surface area contributed by atoms with E-state index >= 15 is 0 Å². The third-order valence-electron chi connectivity index (χ3n) is 0.276. The van der Waals surface area contributed by atoms with Crippen LogP contribution in [0, 0.1) is 0 Å². The molecule has 0 radical (unpaired) electrons. The van der Waals surface area contributed by atoms with E-state index in [-0.39, 0.29) is 11.8 Å². The van der Waals surface area contributed by atoms with Gasteiger partial charge in [0.1, 0.15) is 0 Å². The van der Waals surface area contributed by atoms with Gasteiger partial charge in [0.15, 0.2) is 0 Å². The van der Waals surface area contributed by atoms with Gasteiger partial charge in [0, 0.05) is 5.41 Å². The Morgan fingerprint density at radius 1 is 1.50 bits per heavy atom. The third kappa shape index (κ3) is 5.66. The molecule has 0 N–H and O–H groups in total. The van der Waals surface area contributed by atoms with Crippen molar-refractivity contribution in [3.63, 3.8) is 0 Å². The topological polar surface area (TPSA) is 0 Å². The Labute approximate surface area is 49.1 Å². The second kappa shape index (κ2) is 2.84. The lowest BCUT2D eigenvalue weighted by Gasteiger charge is -1.96. The number of hydrogen-bond acceptors (Lipinski definition) is 1. The lowest BCUT2D eigenvalue weighted by atomic mass is 11.0. The summed E-state index contributed by atoms with van der Waals surface area (Å²) in [5.41, 5.74) is -2.20. The summed E-state index contributed by atoms with van der Waals surface area (Å²) >= 11 is -0.265. The van der Waals surface area contributed by atoms with Gasteiger partial charge in [-0.25, -0.2) is 0 Å². The van der Waals surface area contributed by atoms with E-state index in [9.17, 15) is 13.2 Å². The minimum Gasteiger partial charge on any atom is -0.160 e. The second-order valence-corrected chi connectivity index (χ2v) is 1.82. The highest BCUT2D eigenvalue weighted by atomic mass is 32.2. The number of alkyl halides is 3. The van der Waals surface area contributed by atoms with E-state index in [1.165, 1.54) is 0 Å². The molecule has 0 aliphatic carbocycles. The fourth-order valence-corrected chi connectivity index (χ4v) is 0.325. The zero-order chi connectivity index (χ0) is 6.62. The van der Waals surface area contributed by atoms with Gasteiger partial charge in [0.25, 0.3) is 0 Å². The van der Waals surface area contributed by atoms with Crippen LogP contribution in [0.1, 0.15) is 0 Å². The average molecular weight is 140 g/mol. The van der Waals surface area contributed by atoms with Crippen molar-refractivity contribution in [2.75, 3.05) is 0 Å². The first-order valence-corrected chi connectivity index (χ1v) is 2.53. The minimum atomic E-state index is -4.19. The predicted octanol–water partition coefficient (Wildman–Crippen LogP) is 2.54. The average Bonchev–Trinajstić information content (AvgIpc) is 1.59. The summed E-state index contributed by atoms with van der Waals surface area (Å²) in [5, 5.41) is 0.764. The van der Waals surface area contributed by atoms with Crippen molar-refractivity contribution in [2.45, 2.75) is 5.51 Å². The molecule has 0 amide bonds. The molecule has 0 aromatic heterocycles. The van der Waals surface area contributed by atoms with Crippen molar-refractivity contribution in [3.05, 3.63) is 17.7 Å². The lowest BCUT2D eigenvalue weighted by molar-refractivity contribution is -0.0319. The van der Waals surface area contributed by atoms with Crippen LogP contribution in [0.2, 0.25) is 0 Å². The molecule has 0 bridgehead atoms. The summed E-state index contributed by atoms with van der Waals surface area (Å²) in [6.07, 6.45) is 0. The van der Waals surface area contributed by atoms with Gasteiger partial charge >= 0.3 is 5.51 Å². The van der Waals surface area contributed by atoms with E-state index in [0.29, 0.717) is 0 Å². The smallest absolute Gasteiger partial charge is 0.160 e. The van der Waals surface area contributed by atoms with Crippen molar-refractivity contribution in [3.8, 4) is 0 Å². The summed E-state index contributed by atoms with van der Waals surface area (Å²) in [4.78, 5) is 0. The summed E-state index contributed by atoms with van der Waals surface area (Å²) < 4.78 is 33.3. The summed E-state index contributed by atoms with van der Waals surface area (Å²) in [6.45, 7) is 2.96. The quantitative estimate of drug-likeness (QED) is 0.504. The van der Waals surface area contributed by atoms with E-state index < -0.39 is 5.51 Å². The van der Waals surface area contributed by atoms with Crippen LogP contribution in [0.25, 0.3) is 0 Å². The highest BCUT2D eigenvalue weighted by Gasteiger charge is 2.26. The highest BCUT2D eigenvalue weighted by Crippen LogP contribution is 2.30. The molecule has 0 nitrogen and oxygen atoms in total. The summed E-state index contributed by atoms with van der Waals surface area (Å²) in [5.74, 6) is 0. The molecule has 0 unspecified atom stereocenters. The zero-order valence-electron chi connectivity index (χ0n) is 3.83. The maximum atomic E-state index is 11.1. The number of halogens is 3. The van der Waals surface area contributed by atoms with Gasteiger partial charge in [0.05, 0.1) is 0 Å². The number of hydrogen-bond donors (Lipinski definition) is 0. The fraction of sp³-hybridized carbons (Fsp3) is 0.250. The Bertz CT molecular complexity index is 109. The van der Waals surface area contributed by atoms with Gasteiger partial charge < -0.3 is 0 Å². The van der Waals surface area contributed by atoms with Crippen molar-refractivity contribution >= 4 is 11.8 Å². The molecule has 0 spiro atoms. The van der Waals surface area contributed by atoms with Gasteiger partial charge in [-0.15, -0.1) is 5.73 Å². The van der Waals surface area contributed by atoms with Crippen LogP contribution in [0.15, 0.2) is 17.7 Å². The molecular formula is C4H3F3S. The first-order chi connectivity index (χ1) is 3.56. The Hall–Kier alpha value is -0.340. The van der Waals surface area contributed by atoms with Gasteiger partial charge in [-0.3, -0.25) is 0 Å². The molecule has 0 aromatic carbocycles. The van der Waals surface area contributed by atoms with Gasteiger partial charge in [-0.2, -0.15) is 13.2 Å². The fourth-order valence-electron chi connectivity index (χ4n) is 0.108. The molecule has 0 heterocycles. The number of thioether (sulfide) groups is 1. The van der Waals surface area contributed by atoms with Crippen LogP contribution < -0.4 is 0 Å². The molecule has 0 aliphatic rings. The minimum absolute atomic E-state index is 0.265. The molecule has 0 saturated heterocycles. The maximum Gasteiger partial charge on any atom is 0.446 e. The molecule has 0 rings (SSSR count). The maximum absolute atomic E-state index is 11.1. The number of rotatable bonds is 1. The van der Waals surface area contributed by atoms with Crippen molar-refractivity contribution in [1.82, 2.24) is 0 Å². The normalized spacial score (nSPS) is 10.4. The monoisotopic (exact) mass is 140 g/mol. The van der Waals surface area contributed by atoms with Crippen molar-refractivity contribution < 1.29 is 13.2 Å². The molecule has 4 heteroatoms. The van der Waals surface area contributed by atoms with Gasteiger partial charge in [-0.1, -0.05) is 6.58 Å². The molecule has 0 aliphatic heterocycles. The molecule has 0 aromatic rings. The van der Waals surface area contributed by atoms with Gasteiger partial charge in [-0.05, 0) is 11.8 Å². The molecule has 0 atom stereocenters. The van der Waals surface area contributed by atoms with Crippen LogP contribution in [-0.2, 0) is 0 Å². The molecule has 8 heavy (non-hydrogen) atoms. The molecule has 0 saturated carbocycles. The molecule has 0 fully saturated rings. The van der Waals surface area contributed by atoms with E-state index in [1.807, 2.05) is 5.73 Å². The predicted molar refractivity (Wildman–Crippen MR) is 27.4 cm³/mol. The van der Waals surface area contributed by atoms with Gasteiger partial charge in [0.2, 0.25) is 0 Å². The second-order valence-electron chi connectivity index (χ2n) is 0.886. The largest absolute Gasteiger partial charge is 0.446 e. The van der Waals surface area contributed by atoms with Crippen LogP contribution >= 0.6 is 11.8 Å². The first kappa shape index (κ1) is 7.66. The Kier molecular flexibility index (Phi) is 2.72. The lowest BCUT2D eigenvalue weighted by Crippen LogP contribution is -1.95. The Balaban J connectivity index is 3.55. The standard InChI is InChI=1S/C4H3F3S/c1-2-3-8-4(5,6)7/h3H,1H2. The van der Waals surface area contributed by atoms with E-state index in [2.05, 4.69) is 6.58 Å². The van der Waals surface area contributed by atoms with E-state index in [1.54, 1.807) is 0 Å². The summed E-state index contributed by atoms with van der Waals surface area (Å²) in [7, 11) is 0. The molecule has 46 valence electrons. The van der Waals surface area contributed by atoms with E-state index in [0.717, 1.165) is 5.41 Å².